The Kier molecular flexibility index (Phi) is 3.37. The van der Waals surface area contributed by atoms with Crippen molar-refractivity contribution in [3.8, 4) is 5.88 Å². The summed E-state index contributed by atoms with van der Waals surface area (Å²) in [6.45, 7) is 1.16. The average Bonchev–Trinajstić information content (AvgIpc) is 2.07. The van der Waals surface area contributed by atoms with E-state index >= 15 is 0 Å². The first-order chi connectivity index (χ1) is 7.20. The van der Waals surface area contributed by atoms with Crippen LogP contribution in [0.4, 0.5) is 17.6 Å². The van der Waals surface area contributed by atoms with E-state index in [1.54, 1.807) is 0 Å². The van der Waals surface area contributed by atoms with E-state index in [0.29, 0.717) is 6.07 Å². The predicted molar refractivity (Wildman–Crippen MR) is 45.8 cm³/mol. The summed E-state index contributed by atoms with van der Waals surface area (Å²) >= 11 is 4.95. The maximum Gasteiger partial charge on any atom is 0.574 e. The van der Waals surface area contributed by atoms with Crippen molar-refractivity contribution in [2.45, 2.75) is 13.3 Å². The second kappa shape index (κ2) is 4.25. The molecule has 0 unspecified atom stereocenters. The maximum absolute atomic E-state index is 13.2. The Balaban J connectivity index is 3.19. The number of carbonyl (C=O) groups excluding carboxylic acids is 1. The van der Waals surface area contributed by atoms with Gasteiger partial charge in [0.25, 0.3) is 5.24 Å². The Morgan fingerprint density at radius 1 is 1.50 bits per heavy atom. The van der Waals surface area contributed by atoms with Gasteiger partial charge in [-0.2, -0.15) is 0 Å². The van der Waals surface area contributed by atoms with Gasteiger partial charge in [0, 0.05) is 6.07 Å². The molecule has 1 heterocycles. The molecule has 3 nitrogen and oxygen atoms in total. The molecule has 88 valence electrons. The number of hydrogen-bond acceptors (Lipinski definition) is 3. The molecule has 0 saturated heterocycles. The molecular formula is C8H4ClF4NO2. The summed E-state index contributed by atoms with van der Waals surface area (Å²) in [5.74, 6) is -2.01. The summed E-state index contributed by atoms with van der Waals surface area (Å²) in [5.41, 5.74) is -1.13. The van der Waals surface area contributed by atoms with Gasteiger partial charge >= 0.3 is 6.36 Å². The van der Waals surface area contributed by atoms with Crippen molar-refractivity contribution < 1.29 is 27.1 Å². The fourth-order valence-corrected chi connectivity index (χ4v) is 1.05. The highest BCUT2D eigenvalue weighted by Crippen LogP contribution is 2.24. The number of aromatic nitrogens is 1. The van der Waals surface area contributed by atoms with Gasteiger partial charge < -0.3 is 4.74 Å². The minimum Gasteiger partial charge on any atom is -0.388 e. The van der Waals surface area contributed by atoms with E-state index in [2.05, 4.69) is 9.72 Å². The molecule has 0 aliphatic rings. The van der Waals surface area contributed by atoms with Crippen LogP contribution in [0.15, 0.2) is 6.07 Å². The molecule has 0 fully saturated rings. The number of hydrogen-bond donors (Lipinski definition) is 0. The van der Waals surface area contributed by atoms with Crippen LogP contribution in [0, 0.1) is 12.7 Å². The van der Waals surface area contributed by atoms with Gasteiger partial charge in [0.1, 0.15) is 0 Å². The summed E-state index contributed by atoms with van der Waals surface area (Å²) in [4.78, 5) is 13.7. The summed E-state index contributed by atoms with van der Waals surface area (Å²) < 4.78 is 52.1. The van der Waals surface area contributed by atoms with Crippen LogP contribution < -0.4 is 4.74 Å². The lowest BCUT2D eigenvalue weighted by Crippen LogP contribution is -2.19. The summed E-state index contributed by atoms with van der Waals surface area (Å²) in [5, 5.41) is -1.30. The minimum absolute atomic E-state index is 0.224. The lowest BCUT2D eigenvalue weighted by molar-refractivity contribution is -0.276. The second-order valence-corrected chi connectivity index (χ2v) is 3.10. The van der Waals surface area contributed by atoms with Gasteiger partial charge in [0.05, 0.1) is 0 Å². The Labute approximate surface area is 92.0 Å². The first-order valence-electron chi connectivity index (χ1n) is 3.83. The molecule has 0 spiro atoms. The average molecular weight is 258 g/mol. The van der Waals surface area contributed by atoms with Crippen molar-refractivity contribution in [1.82, 2.24) is 4.98 Å². The molecule has 0 aliphatic heterocycles. The molecule has 1 aromatic rings. The highest BCUT2D eigenvalue weighted by molar-refractivity contribution is 6.67. The molecule has 0 N–H and O–H groups in total. The molecule has 1 aromatic heterocycles. The lowest BCUT2D eigenvalue weighted by atomic mass is 10.2. The standard InChI is InChI=1S/C8H4ClF4NO2/c1-3-2-4(16-8(11,12)13)14-6(5(3)10)7(9)15/h2H,1H3. The SMILES string of the molecule is Cc1cc(OC(F)(F)F)nc(C(=O)Cl)c1F. The first-order valence-corrected chi connectivity index (χ1v) is 4.21. The third-order valence-electron chi connectivity index (χ3n) is 1.52. The summed E-state index contributed by atoms with van der Waals surface area (Å²) in [7, 11) is 0. The Hall–Kier alpha value is -1.37. The zero-order chi connectivity index (χ0) is 12.5. The van der Waals surface area contributed by atoms with E-state index in [9.17, 15) is 22.4 Å². The molecule has 16 heavy (non-hydrogen) atoms. The van der Waals surface area contributed by atoms with E-state index in [1.165, 1.54) is 0 Å². The quantitative estimate of drug-likeness (QED) is 0.604. The fraction of sp³-hybridized carbons (Fsp3) is 0.250. The molecule has 0 aliphatic carbocycles. The van der Waals surface area contributed by atoms with Crippen molar-refractivity contribution in [2.75, 3.05) is 0 Å². The largest absolute Gasteiger partial charge is 0.574 e. The smallest absolute Gasteiger partial charge is 0.388 e. The third-order valence-corrected chi connectivity index (χ3v) is 1.70. The molecule has 0 amide bonds. The highest BCUT2D eigenvalue weighted by atomic mass is 35.5. The van der Waals surface area contributed by atoms with Crippen molar-refractivity contribution in [1.29, 1.82) is 0 Å². The number of pyridine rings is 1. The third kappa shape index (κ3) is 3.06. The van der Waals surface area contributed by atoms with Crippen LogP contribution in [-0.2, 0) is 0 Å². The number of ether oxygens (including phenoxy) is 1. The van der Waals surface area contributed by atoms with E-state index in [4.69, 9.17) is 11.6 Å². The number of carbonyl (C=O) groups is 1. The van der Waals surface area contributed by atoms with Crippen molar-refractivity contribution in [3.63, 3.8) is 0 Å². The number of alkyl halides is 3. The molecule has 0 atom stereocenters. The summed E-state index contributed by atoms with van der Waals surface area (Å²) in [6, 6.07) is 0.714. The molecule has 0 aromatic carbocycles. The molecule has 0 bridgehead atoms. The Morgan fingerprint density at radius 3 is 2.50 bits per heavy atom. The van der Waals surface area contributed by atoms with Gasteiger partial charge in [0.15, 0.2) is 11.5 Å². The number of rotatable bonds is 2. The van der Waals surface area contributed by atoms with Gasteiger partial charge in [-0.05, 0) is 24.1 Å². The van der Waals surface area contributed by atoms with Crippen LogP contribution in [-0.4, -0.2) is 16.6 Å². The van der Waals surface area contributed by atoms with Crippen molar-refractivity contribution >= 4 is 16.8 Å². The van der Waals surface area contributed by atoms with Gasteiger partial charge in [0.2, 0.25) is 5.88 Å². The fourth-order valence-electron chi connectivity index (χ4n) is 0.928. The number of nitrogens with zero attached hydrogens (tertiary/aromatic N) is 1. The molecular weight excluding hydrogens is 254 g/mol. The van der Waals surface area contributed by atoms with E-state index < -0.39 is 29.0 Å². The van der Waals surface area contributed by atoms with Gasteiger partial charge in [-0.3, -0.25) is 4.79 Å². The topological polar surface area (TPSA) is 39.2 Å². The predicted octanol–water partition coefficient (Wildman–Crippen LogP) is 2.81. The zero-order valence-corrected chi connectivity index (χ0v) is 8.49. The van der Waals surface area contributed by atoms with E-state index in [-0.39, 0.29) is 5.56 Å². The van der Waals surface area contributed by atoms with E-state index in [0.717, 1.165) is 6.92 Å². The second-order valence-electron chi connectivity index (χ2n) is 2.76. The Bertz CT molecular complexity index is 433. The van der Waals surface area contributed by atoms with Crippen molar-refractivity contribution in [3.05, 3.63) is 23.1 Å². The normalized spacial score (nSPS) is 11.4. The van der Waals surface area contributed by atoms with Crippen LogP contribution in [0.1, 0.15) is 16.1 Å². The van der Waals surface area contributed by atoms with Crippen LogP contribution in [0.2, 0.25) is 0 Å². The van der Waals surface area contributed by atoms with Crippen LogP contribution >= 0.6 is 11.6 Å². The van der Waals surface area contributed by atoms with Gasteiger partial charge in [-0.1, -0.05) is 0 Å². The lowest BCUT2D eigenvalue weighted by Gasteiger charge is -2.09. The van der Waals surface area contributed by atoms with Crippen LogP contribution in [0.25, 0.3) is 0 Å². The maximum atomic E-state index is 13.2. The zero-order valence-electron chi connectivity index (χ0n) is 7.73. The number of aryl methyl sites for hydroxylation is 1. The van der Waals surface area contributed by atoms with Crippen molar-refractivity contribution in [2.24, 2.45) is 0 Å². The molecule has 1 rings (SSSR count). The summed E-state index contributed by atoms with van der Waals surface area (Å²) in [6.07, 6.45) is -4.97. The highest BCUT2D eigenvalue weighted by Gasteiger charge is 2.32. The number of halogens is 5. The van der Waals surface area contributed by atoms with Crippen LogP contribution in [0.5, 0.6) is 5.88 Å². The molecule has 8 heteroatoms. The van der Waals surface area contributed by atoms with Gasteiger partial charge in [-0.15, -0.1) is 13.2 Å². The first kappa shape index (κ1) is 12.7. The van der Waals surface area contributed by atoms with Gasteiger partial charge in [-0.25, -0.2) is 9.37 Å². The molecule has 0 saturated carbocycles. The van der Waals surface area contributed by atoms with E-state index in [1.807, 2.05) is 0 Å². The van der Waals surface area contributed by atoms with Crippen LogP contribution in [0.3, 0.4) is 0 Å². The monoisotopic (exact) mass is 257 g/mol. The minimum atomic E-state index is -4.97. The molecule has 0 radical (unpaired) electrons. The Morgan fingerprint density at radius 2 is 2.06 bits per heavy atom.